The molecule has 1 aromatic carbocycles. The van der Waals surface area contributed by atoms with E-state index in [0.29, 0.717) is 48.8 Å². The maximum atomic E-state index is 13.2. The van der Waals surface area contributed by atoms with Gasteiger partial charge in [0.15, 0.2) is 5.82 Å². The molecule has 0 aliphatic carbocycles. The number of aryl methyl sites for hydroxylation is 1. The first-order chi connectivity index (χ1) is 13.6. The van der Waals surface area contributed by atoms with Crippen LogP contribution in [0.5, 0.6) is 0 Å². The molecule has 1 fully saturated rings. The van der Waals surface area contributed by atoms with Crippen LogP contribution in [0.4, 0.5) is 0 Å². The summed E-state index contributed by atoms with van der Waals surface area (Å²) >= 11 is 0. The number of hydrogen-bond acceptors (Lipinski definition) is 5. The molecule has 3 aromatic rings. The van der Waals surface area contributed by atoms with E-state index in [2.05, 4.69) is 15.2 Å². The van der Waals surface area contributed by atoms with Crippen LogP contribution in [0.1, 0.15) is 44.8 Å². The number of amides is 2. The Bertz CT molecular complexity index is 951. The highest BCUT2D eigenvalue weighted by atomic mass is 16.3. The van der Waals surface area contributed by atoms with Crippen molar-refractivity contribution < 1.29 is 14.0 Å². The van der Waals surface area contributed by atoms with Crippen molar-refractivity contribution in [2.24, 2.45) is 0 Å². The van der Waals surface area contributed by atoms with Crippen LogP contribution in [0.15, 0.2) is 53.3 Å². The molecule has 0 radical (unpaired) electrons. The third-order valence-electron chi connectivity index (χ3n) is 4.85. The highest BCUT2D eigenvalue weighted by Crippen LogP contribution is 2.26. The first kappa shape index (κ1) is 18.0. The molecule has 0 bridgehead atoms. The molecule has 3 heterocycles. The summed E-state index contributed by atoms with van der Waals surface area (Å²) in [5, 5.41) is 7.12. The highest BCUT2D eigenvalue weighted by Gasteiger charge is 2.34. The number of carbonyl (C=O) groups is 2. The second-order valence-corrected chi connectivity index (χ2v) is 6.78. The van der Waals surface area contributed by atoms with E-state index in [1.54, 1.807) is 28.0 Å². The lowest BCUT2D eigenvalue weighted by molar-refractivity contribution is 0.0622. The first-order valence-corrected chi connectivity index (χ1v) is 9.20. The summed E-state index contributed by atoms with van der Waals surface area (Å²) in [6, 6.07) is 10.4. The van der Waals surface area contributed by atoms with Gasteiger partial charge in [0.1, 0.15) is 18.1 Å². The zero-order valence-corrected chi connectivity index (χ0v) is 15.5. The fraction of sp³-hybridized carbons (Fsp3) is 0.300. The Labute approximate surface area is 162 Å². The molecular weight excluding hydrogens is 358 g/mol. The van der Waals surface area contributed by atoms with Crippen molar-refractivity contribution in [3.05, 3.63) is 71.7 Å². The molecule has 1 N–H and O–H groups in total. The molecule has 144 valence electrons. The Hall–Kier alpha value is -3.42. The number of aromatic amines is 1. The Balaban J connectivity index is 1.66. The minimum absolute atomic E-state index is 0.0920. The summed E-state index contributed by atoms with van der Waals surface area (Å²) in [5.74, 6) is 0.957. The van der Waals surface area contributed by atoms with Crippen molar-refractivity contribution in [1.82, 2.24) is 25.0 Å². The Morgan fingerprint density at radius 1 is 1.11 bits per heavy atom. The average Bonchev–Trinajstić information content (AvgIpc) is 3.35. The summed E-state index contributed by atoms with van der Waals surface area (Å²) in [5.41, 5.74) is 1.10. The minimum Gasteiger partial charge on any atom is -0.472 e. The van der Waals surface area contributed by atoms with Gasteiger partial charge in [0.2, 0.25) is 0 Å². The lowest BCUT2D eigenvalue weighted by Crippen LogP contribution is -2.40. The van der Waals surface area contributed by atoms with Crippen molar-refractivity contribution >= 4 is 11.8 Å². The molecule has 2 aromatic heterocycles. The predicted octanol–water partition coefficient (Wildman–Crippen LogP) is 2.44. The third kappa shape index (κ3) is 3.53. The lowest BCUT2D eigenvalue weighted by Gasteiger charge is -2.30. The summed E-state index contributed by atoms with van der Waals surface area (Å²) in [6.45, 7) is 3.19. The smallest absolute Gasteiger partial charge is 0.257 e. The molecule has 1 aliphatic rings. The number of furan rings is 1. The van der Waals surface area contributed by atoms with E-state index < -0.39 is 6.04 Å². The van der Waals surface area contributed by atoms with Crippen LogP contribution in [0.3, 0.4) is 0 Å². The van der Waals surface area contributed by atoms with Gasteiger partial charge < -0.3 is 14.2 Å². The van der Waals surface area contributed by atoms with Crippen LogP contribution in [-0.2, 0) is 0 Å². The number of rotatable bonds is 3. The number of nitrogens with one attached hydrogen (secondary N) is 1. The normalized spacial score (nSPS) is 17.4. The van der Waals surface area contributed by atoms with Crippen molar-refractivity contribution in [2.45, 2.75) is 19.4 Å². The van der Waals surface area contributed by atoms with E-state index in [1.807, 2.05) is 25.1 Å². The molecule has 0 saturated carbocycles. The Morgan fingerprint density at radius 2 is 1.93 bits per heavy atom. The van der Waals surface area contributed by atoms with Gasteiger partial charge in [-0.25, -0.2) is 4.98 Å². The van der Waals surface area contributed by atoms with Crippen molar-refractivity contribution in [3.8, 4) is 0 Å². The van der Waals surface area contributed by atoms with Gasteiger partial charge >= 0.3 is 0 Å². The van der Waals surface area contributed by atoms with Crippen LogP contribution in [-0.4, -0.2) is 56.4 Å². The number of hydrogen-bond donors (Lipinski definition) is 1. The van der Waals surface area contributed by atoms with Gasteiger partial charge in [0, 0.05) is 25.2 Å². The Morgan fingerprint density at radius 3 is 2.61 bits per heavy atom. The van der Waals surface area contributed by atoms with E-state index in [0.717, 1.165) is 0 Å². The molecule has 1 atom stereocenters. The maximum Gasteiger partial charge on any atom is 0.257 e. The number of nitrogens with zero attached hydrogens (tertiary/aromatic N) is 4. The molecule has 4 rings (SSSR count). The molecule has 28 heavy (non-hydrogen) atoms. The summed E-state index contributed by atoms with van der Waals surface area (Å²) < 4.78 is 5.05. The third-order valence-corrected chi connectivity index (χ3v) is 4.85. The van der Waals surface area contributed by atoms with Crippen LogP contribution in [0.25, 0.3) is 0 Å². The number of H-pyrrole nitrogens is 1. The van der Waals surface area contributed by atoms with Crippen LogP contribution >= 0.6 is 0 Å². The van der Waals surface area contributed by atoms with E-state index in [4.69, 9.17) is 4.42 Å². The van der Waals surface area contributed by atoms with Gasteiger partial charge in [-0.15, -0.1) is 0 Å². The predicted molar refractivity (Wildman–Crippen MR) is 101 cm³/mol. The highest BCUT2D eigenvalue weighted by molar-refractivity contribution is 5.95. The Kier molecular flexibility index (Phi) is 4.92. The standard InChI is InChI=1S/C20H21N5O3/c1-14-21-18(23-22-14)17-12-24(19(26)16-8-11-28-13-16)9-5-10-25(17)20(27)15-6-3-2-4-7-15/h2-4,6-8,11,13,17H,5,9-10,12H2,1H3,(H,21,22,23). The average molecular weight is 379 g/mol. The molecule has 2 amide bonds. The van der Waals surface area contributed by atoms with Gasteiger partial charge in [0.05, 0.1) is 11.8 Å². The van der Waals surface area contributed by atoms with Gasteiger partial charge in [-0.05, 0) is 31.5 Å². The molecule has 1 unspecified atom stereocenters. The van der Waals surface area contributed by atoms with E-state index in [-0.39, 0.29) is 11.8 Å². The summed E-state index contributed by atoms with van der Waals surface area (Å²) in [7, 11) is 0. The van der Waals surface area contributed by atoms with Crippen LogP contribution in [0, 0.1) is 6.92 Å². The van der Waals surface area contributed by atoms with Gasteiger partial charge in [-0.1, -0.05) is 18.2 Å². The minimum atomic E-state index is -0.434. The second-order valence-electron chi connectivity index (χ2n) is 6.78. The monoisotopic (exact) mass is 379 g/mol. The molecule has 8 heteroatoms. The van der Waals surface area contributed by atoms with Crippen molar-refractivity contribution in [3.63, 3.8) is 0 Å². The molecule has 1 aliphatic heterocycles. The van der Waals surface area contributed by atoms with Crippen molar-refractivity contribution in [2.75, 3.05) is 19.6 Å². The van der Waals surface area contributed by atoms with Gasteiger partial charge in [-0.3, -0.25) is 14.7 Å². The van der Waals surface area contributed by atoms with E-state index >= 15 is 0 Å². The fourth-order valence-corrected chi connectivity index (χ4v) is 3.46. The molecular formula is C20H21N5O3. The summed E-state index contributed by atoms with van der Waals surface area (Å²) in [6.07, 6.45) is 3.58. The quantitative estimate of drug-likeness (QED) is 0.754. The zero-order valence-electron chi connectivity index (χ0n) is 15.5. The zero-order chi connectivity index (χ0) is 19.5. The van der Waals surface area contributed by atoms with Crippen molar-refractivity contribution in [1.29, 1.82) is 0 Å². The van der Waals surface area contributed by atoms with E-state index in [9.17, 15) is 9.59 Å². The summed E-state index contributed by atoms with van der Waals surface area (Å²) in [4.78, 5) is 34.0. The van der Waals surface area contributed by atoms with Crippen LogP contribution in [0.2, 0.25) is 0 Å². The van der Waals surface area contributed by atoms with E-state index in [1.165, 1.54) is 12.5 Å². The van der Waals surface area contributed by atoms with Gasteiger partial charge in [0.25, 0.3) is 11.8 Å². The lowest BCUT2D eigenvalue weighted by atomic mass is 10.1. The molecule has 0 spiro atoms. The molecule has 8 nitrogen and oxygen atoms in total. The number of aromatic nitrogens is 3. The molecule has 1 saturated heterocycles. The fourth-order valence-electron chi connectivity index (χ4n) is 3.46. The first-order valence-electron chi connectivity index (χ1n) is 9.20. The topological polar surface area (TPSA) is 95.3 Å². The maximum absolute atomic E-state index is 13.2. The number of carbonyl (C=O) groups excluding carboxylic acids is 2. The van der Waals surface area contributed by atoms with Crippen LogP contribution < -0.4 is 0 Å². The second kappa shape index (κ2) is 7.67. The number of benzene rings is 1. The SMILES string of the molecule is Cc1nc(C2CN(C(=O)c3ccoc3)CCCN2C(=O)c2ccccc2)n[nH]1. The largest absolute Gasteiger partial charge is 0.472 e. The van der Waals surface area contributed by atoms with Gasteiger partial charge in [-0.2, -0.15) is 5.10 Å².